The fourth-order valence-corrected chi connectivity index (χ4v) is 6.34. The molecule has 2 saturated heterocycles. The summed E-state index contributed by atoms with van der Waals surface area (Å²) < 4.78 is 18.4. The van der Waals surface area contributed by atoms with Crippen molar-refractivity contribution in [2.75, 3.05) is 75.9 Å². The van der Waals surface area contributed by atoms with Crippen molar-refractivity contribution in [1.82, 2.24) is 15.4 Å². The number of anilines is 2. The monoisotopic (exact) mass is 487 g/mol. The van der Waals surface area contributed by atoms with Gasteiger partial charge in [0.05, 0.1) is 62.7 Å². The normalized spacial score (nSPS) is 21.2. The Balaban J connectivity index is 1.39. The molecule has 3 aromatic rings. The van der Waals surface area contributed by atoms with E-state index in [1.54, 1.807) is 16.2 Å². The number of hydrogen-bond acceptors (Lipinski definition) is 9. The van der Waals surface area contributed by atoms with E-state index in [1.807, 2.05) is 0 Å². The van der Waals surface area contributed by atoms with Crippen LogP contribution in [0.25, 0.3) is 20.4 Å². The molecule has 0 saturated carbocycles. The Morgan fingerprint density at radius 3 is 2.71 bits per heavy atom. The van der Waals surface area contributed by atoms with Gasteiger partial charge in [0.25, 0.3) is 5.82 Å². The molecule has 34 heavy (non-hydrogen) atoms. The van der Waals surface area contributed by atoms with E-state index in [1.165, 1.54) is 16.5 Å². The van der Waals surface area contributed by atoms with Crippen LogP contribution in [0.4, 0.5) is 11.6 Å². The van der Waals surface area contributed by atoms with Crippen molar-refractivity contribution in [2.24, 2.45) is 0 Å². The molecule has 3 N–H and O–H groups in total. The summed E-state index contributed by atoms with van der Waals surface area (Å²) in [6.07, 6.45) is 0.837. The second-order valence-corrected chi connectivity index (χ2v) is 10.9. The number of rotatable bonds is 5. The maximum Gasteiger partial charge on any atom is 0.281 e. The number of thiophene rings is 1. The molecular formula is C23H33N7O3S+2. The number of hydrogen-bond donors (Lipinski definition) is 2. The van der Waals surface area contributed by atoms with Crippen LogP contribution in [-0.2, 0) is 27.2 Å². The van der Waals surface area contributed by atoms with Crippen LogP contribution < -0.4 is 20.1 Å². The van der Waals surface area contributed by atoms with Gasteiger partial charge in [-0.15, -0.1) is 10.2 Å². The molecule has 0 amide bonds. The lowest BCUT2D eigenvalue weighted by Crippen LogP contribution is -3.14. The predicted molar refractivity (Wildman–Crippen MR) is 130 cm³/mol. The summed E-state index contributed by atoms with van der Waals surface area (Å²) in [6, 6.07) is 0. The zero-order chi connectivity index (χ0) is 23.1. The standard InChI is InChI=1S/C23H31N7O3S/c1-23(2)13-15-16(14-33-23)21(30-7-11-32-12-8-30)25-22-17(15)18-19(34-22)20(27-28-26-18)24-3-4-29-5-9-31-10-6-29/h3-14H2,1-2H3,(H,24,26,27)/p+2. The molecule has 3 aromatic heterocycles. The molecule has 182 valence electrons. The summed E-state index contributed by atoms with van der Waals surface area (Å²) in [5, 5.41) is 17.7. The van der Waals surface area contributed by atoms with Gasteiger partial charge in [-0.1, -0.05) is 11.3 Å². The maximum absolute atomic E-state index is 6.25. The number of morpholine rings is 2. The van der Waals surface area contributed by atoms with Gasteiger partial charge in [0.1, 0.15) is 36.4 Å². The lowest BCUT2D eigenvalue weighted by molar-refractivity contribution is -0.906. The van der Waals surface area contributed by atoms with Crippen molar-refractivity contribution in [2.45, 2.75) is 32.5 Å². The highest BCUT2D eigenvalue weighted by Gasteiger charge is 2.36. The van der Waals surface area contributed by atoms with E-state index >= 15 is 0 Å². The topological polar surface area (TPSA) is 100 Å². The summed E-state index contributed by atoms with van der Waals surface area (Å²) >= 11 is 1.72. The number of H-pyrrole nitrogens is 1. The molecule has 0 unspecified atom stereocenters. The number of fused-ring (bicyclic) bond motifs is 5. The van der Waals surface area contributed by atoms with Crippen LogP contribution in [0.15, 0.2) is 0 Å². The third-order valence-corrected chi connectivity index (χ3v) is 8.18. The Kier molecular flexibility index (Phi) is 5.98. The van der Waals surface area contributed by atoms with Gasteiger partial charge in [-0.05, 0) is 24.6 Å². The molecule has 0 radical (unpaired) electrons. The van der Waals surface area contributed by atoms with Crippen molar-refractivity contribution >= 4 is 43.4 Å². The lowest BCUT2D eigenvalue weighted by atomic mass is 9.90. The summed E-state index contributed by atoms with van der Waals surface area (Å²) in [6.45, 7) is 13.8. The quantitative estimate of drug-likeness (QED) is 0.522. The number of pyridine rings is 1. The third-order valence-electron chi connectivity index (χ3n) is 7.08. The predicted octanol–water partition coefficient (Wildman–Crippen LogP) is 0.0685. The molecule has 0 spiro atoms. The summed E-state index contributed by atoms with van der Waals surface area (Å²) in [5.74, 6) is 1.97. The lowest BCUT2D eigenvalue weighted by Gasteiger charge is -2.33. The molecule has 6 heterocycles. The maximum atomic E-state index is 6.25. The Morgan fingerprint density at radius 1 is 1.09 bits per heavy atom. The molecule has 10 nitrogen and oxygen atoms in total. The van der Waals surface area contributed by atoms with Gasteiger partial charge < -0.3 is 24.4 Å². The van der Waals surface area contributed by atoms with Crippen molar-refractivity contribution in [3.05, 3.63) is 11.1 Å². The Hall–Kier alpha value is -2.18. The number of aromatic amines is 1. The fourth-order valence-electron chi connectivity index (χ4n) is 5.22. The van der Waals surface area contributed by atoms with E-state index in [9.17, 15) is 0 Å². The largest absolute Gasteiger partial charge is 0.373 e. The van der Waals surface area contributed by atoms with Gasteiger partial charge in [0, 0.05) is 6.42 Å². The summed E-state index contributed by atoms with van der Waals surface area (Å²) in [5.41, 5.74) is 3.26. The molecule has 3 aliphatic rings. The van der Waals surface area contributed by atoms with Crippen LogP contribution in [0.1, 0.15) is 25.0 Å². The number of ether oxygens (including phenoxy) is 3. The van der Waals surface area contributed by atoms with Crippen LogP contribution in [0.3, 0.4) is 0 Å². The van der Waals surface area contributed by atoms with E-state index in [0.29, 0.717) is 6.61 Å². The molecule has 6 rings (SSSR count). The van der Waals surface area contributed by atoms with Crippen LogP contribution in [-0.4, -0.2) is 86.7 Å². The average Bonchev–Trinajstić information content (AvgIpc) is 3.24. The van der Waals surface area contributed by atoms with Crippen molar-refractivity contribution < 1.29 is 24.1 Å². The van der Waals surface area contributed by atoms with E-state index in [4.69, 9.17) is 14.2 Å². The van der Waals surface area contributed by atoms with Gasteiger partial charge in [-0.3, -0.25) is 4.90 Å². The molecule has 0 aliphatic carbocycles. The minimum Gasteiger partial charge on any atom is -0.373 e. The third kappa shape index (κ3) is 4.20. The molecule has 11 heteroatoms. The van der Waals surface area contributed by atoms with Crippen molar-refractivity contribution in [3.8, 4) is 0 Å². The highest BCUT2D eigenvalue weighted by atomic mass is 32.1. The van der Waals surface area contributed by atoms with Crippen molar-refractivity contribution in [3.63, 3.8) is 0 Å². The highest BCUT2D eigenvalue weighted by Crippen LogP contribution is 2.42. The first-order valence-electron chi connectivity index (χ1n) is 12.2. The first-order valence-corrected chi connectivity index (χ1v) is 13.1. The molecular weight excluding hydrogens is 454 g/mol. The first kappa shape index (κ1) is 22.3. The molecule has 2 fully saturated rings. The zero-order valence-electron chi connectivity index (χ0n) is 19.9. The smallest absolute Gasteiger partial charge is 0.281 e. The summed E-state index contributed by atoms with van der Waals surface area (Å²) in [7, 11) is 0. The fraction of sp³-hybridized carbons (Fsp3) is 0.652. The van der Waals surface area contributed by atoms with Gasteiger partial charge in [-0.2, -0.15) is 0 Å². The van der Waals surface area contributed by atoms with Gasteiger partial charge in [0.15, 0.2) is 10.6 Å². The minimum atomic E-state index is -0.222. The minimum absolute atomic E-state index is 0.222. The van der Waals surface area contributed by atoms with Crippen LogP contribution in [0, 0.1) is 0 Å². The second-order valence-electron chi connectivity index (χ2n) is 9.92. The Morgan fingerprint density at radius 2 is 1.88 bits per heavy atom. The SMILES string of the molecule is CC1(C)Cc2c(c(N3CCOCC3)[nH+]c3sc4c(NCC[NH+]5CCOCC5)nnnc4c23)CO1. The Labute approximate surface area is 202 Å². The molecule has 0 atom stereocenters. The van der Waals surface area contributed by atoms with Gasteiger partial charge >= 0.3 is 0 Å². The molecule has 0 aromatic carbocycles. The Bertz CT molecular complexity index is 1190. The second kappa shape index (κ2) is 9.12. The van der Waals surface area contributed by atoms with E-state index in [-0.39, 0.29) is 5.60 Å². The first-order chi connectivity index (χ1) is 16.6. The van der Waals surface area contributed by atoms with E-state index in [0.717, 1.165) is 98.8 Å². The van der Waals surface area contributed by atoms with Crippen LogP contribution in [0.5, 0.6) is 0 Å². The summed E-state index contributed by atoms with van der Waals surface area (Å²) in [4.78, 5) is 8.82. The average molecular weight is 488 g/mol. The van der Waals surface area contributed by atoms with Crippen LogP contribution in [0.2, 0.25) is 0 Å². The van der Waals surface area contributed by atoms with E-state index < -0.39 is 0 Å². The number of quaternary nitrogens is 1. The number of nitrogens with one attached hydrogen (secondary N) is 3. The van der Waals surface area contributed by atoms with Gasteiger partial charge in [-0.25, -0.2) is 4.98 Å². The number of aromatic nitrogens is 4. The zero-order valence-corrected chi connectivity index (χ0v) is 20.7. The van der Waals surface area contributed by atoms with Crippen LogP contribution >= 0.6 is 11.3 Å². The van der Waals surface area contributed by atoms with Gasteiger partial charge in [0.2, 0.25) is 0 Å². The molecule has 3 aliphatic heterocycles. The number of nitrogens with zero attached hydrogens (tertiary/aromatic N) is 4. The molecule has 0 bridgehead atoms. The highest BCUT2D eigenvalue weighted by molar-refractivity contribution is 7.25. The van der Waals surface area contributed by atoms with Crippen molar-refractivity contribution in [1.29, 1.82) is 0 Å². The van der Waals surface area contributed by atoms with E-state index in [2.05, 4.69) is 44.5 Å².